The van der Waals surface area contributed by atoms with Crippen molar-refractivity contribution in [3.8, 4) is 0 Å². The van der Waals surface area contributed by atoms with Gasteiger partial charge in [-0.15, -0.1) is 0 Å². The average Bonchev–Trinajstić information content (AvgIpc) is 1.70. The molecule has 0 saturated carbocycles. The number of nitrogens with two attached hydrogens (primary N) is 2. The van der Waals surface area contributed by atoms with Gasteiger partial charge in [0.25, 0.3) is 0 Å². The van der Waals surface area contributed by atoms with Crippen molar-refractivity contribution >= 4 is 158 Å². The number of methoxy groups -OCH3 is 4. The van der Waals surface area contributed by atoms with Crippen molar-refractivity contribution < 1.29 is 186 Å². The molecule has 0 aliphatic carbocycles. The maximum atomic E-state index is 12.0. The number of hydrogen-bond donors (Lipinski definition) is 5. The zero-order chi connectivity index (χ0) is 108. The van der Waals surface area contributed by atoms with Crippen molar-refractivity contribution in [1.29, 1.82) is 0 Å². The van der Waals surface area contributed by atoms with Crippen LogP contribution >= 0.6 is 79.9 Å². The first-order valence-corrected chi connectivity index (χ1v) is 62.2. The molecule has 7 heterocycles. The molecule has 8 unspecified atom stereocenters. The topological polar surface area (TPSA) is 592 Å². The summed E-state index contributed by atoms with van der Waals surface area (Å²) in [4.78, 5) is 156. The molecule has 13 rings (SSSR count). The van der Waals surface area contributed by atoms with Crippen LogP contribution in [0.3, 0.4) is 0 Å². The number of carbonyl (C=O) groups excluding carboxylic acids is 10. The van der Waals surface area contributed by atoms with Gasteiger partial charge in [-0.05, 0) is 91.0 Å². The molecule has 4 aliphatic rings. The average molecular weight is 2620 g/mol. The molecule has 0 radical (unpaired) electrons. The number of aliphatic hydroxyl groups excluding tert-OH is 2. The van der Waals surface area contributed by atoms with Gasteiger partial charge in [0, 0.05) is 60.4 Å². The third-order valence-electron chi connectivity index (χ3n) is 17.9. The Morgan fingerprint density at radius 3 is 0.993 bits per heavy atom. The number of benzene rings is 6. The number of anilines is 3. The second-order valence-electron chi connectivity index (χ2n) is 28.4. The quantitative estimate of drug-likeness (QED) is 0.00595. The molecule has 6 aromatic carbocycles. The third-order valence-corrected chi connectivity index (χ3v) is 17.9. The number of esters is 6. The van der Waals surface area contributed by atoms with E-state index in [-0.39, 0.29) is 117 Å². The van der Waals surface area contributed by atoms with Crippen LogP contribution < -0.4 is 33.9 Å². The molecule has 814 valence electrons. The summed E-state index contributed by atoms with van der Waals surface area (Å²) in [6.07, 6.45) is 0.145. The van der Waals surface area contributed by atoms with E-state index in [0.29, 0.717) is 124 Å². The number of aldehydes is 3. The molecule has 1 amide bonds. The Hall–Kier alpha value is -9.81. The predicted molar refractivity (Wildman–Crippen MR) is 558 cm³/mol. The number of nitrogens with one attached hydrogen (secondary N) is 1. The first-order chi connectivity index (χ1) is 71.8. The Morgan fingerprint density at radius 2 is 0.698 bits per heavy atom. The van der Waals surface area contributed by atoms with Crippen molar-refractivity contribution in [2.45, 2.75) is 83.5 Å². The van der Waals surface area contributed by atoms with E-state index in [1.165, 1.54) is 57.4 Å². The summed E-state index contributed by atoms with van der Waals surface area (Å²) < 4.78 is 122. The van der Waals surface area contributed by atoms with E-state index in [4.69, 9.17) is 121 Å². The van der Waals surface area contributed by atoms with E-state index in [1.54, 1.807) is 192 Å². The van der Waals surface area contributed by atoms with Crippen LogP contribution in [0.1, 0.15) is 102 Å². The van der Waals surface area contributed by atoms with Gasteiger partial charge < -0.3 is 141 Å². The van der Waals surface area contributed by atoms with Gasteiger partial charge in [0.05, 0.1) is 126 Å². The summed E-state index contributed by atoms with van der Waals surface area (Å²) in [5.74, 6) is -2.60. The van der Waals surface area contributed by atoms with E-state index in [2.05, 4.69) is 110 Å². The van der Waals surface area contributed by atoms with Crippen LogP contribution in [0.25, 0.3) is 0 Å². The Bertz CT molecular complexity index is 5320. The number of nitrogen functional groups attached to an aromatic ring is 2. The van der Waals surface area contributed by atoms with E-state index < -0.39 is 116 Å². The predicted octanol–water partition coefficient (Wildman–Crippen LogP) is 8.71. The molecule has 9 aromatic rings. The fourth-order valence-corrected chi connectivity index (χ4v) is 11.2. The third kappa shape index (κ3) is 58.0. The van der Waals surface area contributed by atoms with Gasteiger partial charge in [-0.3, -0.25) is 28.1 Å². The van der Waals surface area contributed by atoms with Gasteiger partial charge in [0.2, 0.25) is 5.91 Å². The van der Waals surface area contributed by atoms with Crippen LogP contribution in [-0.4, -0.2) is 311 Å². The monoisotopic (exact) mass is 2620 g/mol. The van der Waals surface area contributed by atoms with Gasteiger partial charge in [0.1, 0.15) is 70.0 Å². The first-order valence-electron chi connectivity index (χ1n) is 44.2. The summed E-state index contributed by atoms with van der Waals surface area (Å²) in [7, 11) is 7.59. The molecule has 7 N–H and O–H groups in total. The number of amides is 1. The normalized spacial score (nSPS) is 16.1. The van der Waals surface area contributed by atoms with Crippen LogP contribution in [0.2, 0.25) is 0 Å². The van der Waals surface area contributed by atoms with Gasteiger partial charge in [-0.2, -0.15) is 15.0 Å². The van der Waals surface area contributed by atoms with Crippen molar-refractivity contribution in [2.24, 2.45) is 0 Å². The van der Waals surface area contributed by atoms with Crippen LogP contribution in [0.4, 0.5) is 17.5 Å². The molecular formula is C96H119I4N9O38V2. The van der Waals surface area contributed by atoms with Crippen LogP contribution in [0.5, 0.6) is 0 Å². The van der Waals surface area contributed by atoms with Crippen LogP contribution in [0, 0.1) is 0 Å². The van der Waals surface area contributed by atoms with Crippen molar-refractivity contribution in [3.63, 3.8) is 0 Å². The molecule has 0 spiro atoms. The van der Waals surface area contributed by atoms with E-state index in [1.807, 2.05) is 18.2 Å². The molecule has 149 heavy (non-hydrogen) atoms. The fourth-order valence-electron chi connectivity index (χ4n) is 11.2. The number of halogens is 4. The number of rotatable bonds is 44. The molecule has 53 heteroatoms. The van der Waals surface area contributed by atoms with E-state index in [9.17, 15) is 62.3 Å². The van der Waals surface area contributed by atoms with Gasteiger partial charge in [-0.25, -0.2) is 43.2 Å². The van der Waals surface area contributed by atoms with Crippen LogP contribution in [0.15, 0.2) is 233 Å². The number of carbonyl (C=O) groups is 10. The molecule has 4 fully saturated rings. The number of aromatic nitrogens is 6. The maximum absolute atomic E-state index is 12.0. The molecule has 8 atom stereocenters. The van der Waals surface area contributed by atoms with Crippen LogP contribution in [-0.2, 0) is 147 Å². The molecule has 0 bridgehead atoms. The molecule has 3 aromatic heterocycles. The molecule has 47 nitrogen and oxygen atoms in total. The zero-order valence-electron chi connectivity index (χ0n) is 80.7. The van der Waals surface area contributed by atoms with E-state index in [0.717, 1.165) is 6.29 Å². The summed E-state index contributed by atoms with van der Waals surface area (Å²) in [5.41, 5.74) is 11.9. The minimum atomic E-state index is -0.783. The molecule has 4 saturated heterocycles. The van der Waals surface area contributed by atoms with Gasteiger partial charge >= 0.3 is 152 Å². The summed E-state index contributed by atoms with van der Waals surface area (Å²) in [6, 6.07) is 56.1. The van der Waals surface area contributed by atoms with Crippen molar-refractivity contribution in [2.75, 3.05) is 184 Å². The minimum absolute atomic E-state index is 0. The number of ether oxygens (including phenoxy) is 23. The number of hydrogen-bond acceptors (Lipinski definition) is 43. The van der Waals surface area contributed by atoms with Gasteiger partial charge in [0.15, 0.2) is 75.3 Å². The second-order valence-corrected chi connectivity index (χ2v) is 52.0. The summed E-state index contributed by atoms with van der Waals surface area (Å²) >= 11 is 9.48. The number of aliphatic hydroxyl groups is 2. The zero-order valence-corrected chi connectivity index (χ0v) is 92.1. The Balaban J connectivity index is 0.000000439. The number of nitrogens with zero attached hydrogens (tertiary/aromatic N) is 6. The first kappa shape index (κ1) is 133. The standard InChI is InChI=1S/C17H17N3O6.C15H15N3O5.C15H22O6.C14H16O6.2C9H8O3.C8H11N3O4.C8H18O5.CH4.4HI.2V/c1-11(21)18-13-7-8-20(17(23)19-13)14-9-24-15(26-14)10-25-16(22)12-5-3-2-4-6-12;16-11-6-7-18(15(20)17-11)12-8-21-13(23-12)9-22-14(19)10-4-2-1-3-5-10;1-17-8-10-19-14(20-11-9-18-2)12-21-15(16)13-6-4-3-5-7-13;15-7-4-8-17-12-9-18-13(20-12)10-19-14(16)11-5-2-1-3-6-11;2*10-6-7-12-9(11)8-4-2-1-3-5-8;9-5-1-2-11(8(13)10-5)6-4-14-7(3-12)15-6;1-10-3-5-12-8(7-9)13-6-4-11-2;;;;;;;/h2-8,14-15H,9-10H2,1H3,(H,18,19,21,23);1-7,12-13H,8-9H2,(H2,16,17,20);3-7,14H,8-12H2,1-2H3;1-3,5-7,12-13H,4,8-10H2;2*1-6H,7H2;1-2,6-7,12H,3-4H2,(H2,9,10,13);8-9H,3-7H2,1-2H3;1H4;4*1H;;/q;;;;;;;;;;;;;2*+2/p-4. The van der Waals surface area contributed by atoms with E-state index >= 15 is 0 Å². The molecular weight excluding hydrogens is 2500 g/mol. The SMILES string of the molecule is C.CC(=O)Nc1ccn(C2COC(COC(=O)c3ccccc3)O2)c(=O)n1.COCCOC(CO)OCCOC.COCCOC(COC(=O)c1ccccc1)OCCOC.Nc1ccn(C2COC(CO)O2)c(=O)n1.Nc1ccn(C2COC(COC(=O)c3ccccc3)O2)c(=O)n1.O=CCCOC1COC(COC(=O)c2ccccc2)O1.O=CCOC(=O)c1ccccc1.O=CCOC(=O)c1ccccc1.[I][V][I].[I][V][I]. The fraction of sp³-hybridized carbons (Fsp3) is 0.396. The summed E-state index contributed by atoms with van der Waals surface area (Å²) in [5, 5.41) is 20.0. The molecule has 4 aliphatic heterocycles. The van der Waals surface area contributed by atoms with Gasteiger partial charge in [-0.1, -0.05) is 117 Å². The Kier molecular flexibility index (Phi) is 75.0. The Morgan fingerprint density at radius 1 is 0.403 bits per heavy atom. The Labute approximate surface area is 915 Å². The van der Waals surface area contributed by atoms with Crippen molar-refractivity contribution in [1.82, 2.24) is 28.7 Å². The second kappa shape index (κ2) is 83.8. The summed E-state index contributed by atoms with van der Waals surface area (Å²) in [6.45, 7) is 4.80. The van der Waals surface area contributed by atoms with Crippen molar-refractivity contribution in [3.05, 3.63) is 284 Å².